The molecule has 0 bridgehead atoms. The molecule has 2 nitrogen and oxygen atoms in total. The van der Waals surface area contributed by atoms with Crippen LogP contribution in [0.3, 0.4) is 0 Å². The molecule has 0 aliphatic heterocycles. The van der Waals surface area contributed by atoms with Crippen LogP contribution in [0.5, 0.6) is 0 Å². The van der Waals surface area contributed by atoms with Crippen LogP contribution in [0.25, 0.3) is 65.3 Å². The zero-order valence-electron chi connectivity index (χ0n) is 18.2. The standard InChI is InChI=1S/C31H20N2/c1-19-8-11-25-26-12-10-21(18-29(26)24-7-3-2-6-23(24)28(25)17-19)22-14-16-33-31-27(22)13-9-20-5-4-15-32-30(20)31/h2-18H,1H3. The predicted molar refractivity (Wildman–Crippen MR) is 140 cm³/mol. The van der Waals surface area contributed by atoms with Crippen molar-refractivity contribution >= 4 is 54.1 Å². The normalized spacial score (nSPS) is 11.8. The van der Waals surface area contributed by atoms with Crippen LogP contribution in [0.1, 0.15) is 5.56 Å². The Morgan fingerprint density at radius 1 is 0.485 bits per heavy atom. The van der Waals surface area contributed by atoms with Crippen LogP contribution in [0.2, 0.25) is 0 Å². The highest BCUT2D eigenvalue weighted by Gasteiger charge is 2.12. The van der Waals surface area contributed by atoms with Gasteiger partial charge in [0.05, 0.1) is 11.0 Å². The molecule has 0 saturated heterocycles. The highest BCUT2D eigenvalue weighted by Crippen LogP contribution is 2.39. The van der Waals surface area contributed by atoms with Crippen molar-refractivity contribution in [3.8, 4) is 11.1 Å². The van der Waals surface area contributed by atoms with Crippen LogP contribution in [0.4, 0.5) is 0 Å². The summed E-state index contributed by atoms with van der Waals surface area (Å²) in [6, 6.07) is 32.9. The second kappa shape index (κ2) is 6.85. The Hall–Kier alpha value is -4.30. The summed E-state index contributed by atoms with van der Waals surface area (Å²) in [5.74, 6) is 0. The van der Waals surface area contributed by atoms with Gasteiger partial charge in [0.25, 0.3) is 0 Å². The average Bonchev–Trinajstić information content (AvgIpc) is 2.88. The van der Waals surface area contributed by atoms with E-state index in [1.54, 1.807) is 0 Å². The first kappa shape index (κ1) is 18.3. The molecule has 0 amide bonds. The van der Waals surface area contributed by atoms with Gasteiger partial charge in [-0.3, -0.25) is 9.97 Å². The second-order valence-electron chi connectivity index (χ2n) is 8.75. The Bertz CT molecular complexity index is 1860. The number of fused-ring (bicyclic) bond motifs is 9. The van der Waals surface area contributed by atoms with Crippen LogP contribution < -0.4 is 0 Å². The first-order valence-corrected chi connectivity index (χ1v) is 11.3. The Kier molecular flexibility index (Phi) is 3.80. The number of hydrogen-bond donors (Lipinski definition) is 0. The van der Waals surface area contributed by atoms with Crippen molar-refractivity contribution in [1.82, 2.24) is 9.97 Å². The zero-order chi connectivity index (χ0) is 21.9. The number of pyridine rings is 2. The van der Waals surface area contributed by atoms with E-state index in [1.165, 1.54) is 49.0 Å². The summed E-state index contributed by atoms with van der Waals surface area (Å²) in [6.07, 6.45) is 3.74. The molecule has 154 valence electrons. The maximum Gasteiger partial charge on any atom is 0.0970 e. The van der Waals surface area contributed by atoms with E-state index in [1.807, 2.05) is 18.5 Å². The van der Waals surface area contributed by atoms with Gasteiger partial charge in [-0.05, 0) is 68.6 Å². The zero-order valence-corrected chi connectivity index (χ0v) is 18.2. The molecular formula is C31H20N2. The number of benzene rings is 5. The molecule has 0 fully saturated rings. The number of nitrogens with zero attached hydrogens (tertiary/aromatic N) is 2. The van der Waals surface area contributed by atoms with Gasteiger partial charge in [0, 0.05) is 23.2 Å². The van der Waals surface area contributed by atoms with Crippen LogP contribution in [0.15, 0.2) is 103 Å². The first-order valence-electron chi connectivity index (χ1n) is 11.3. The molecule has 0 aliphatic carbocycles. The fourth-order valence-corrected chi connectivity index (χ4v) is 5.24. The average molecular weight is 421 g/mol. The summed E-state index contributed by atoms with van der Waals surface area (Å²) in [4.78, 5) is 9.31. The molecule has 7 aromatic rings. The molecule has 0 spiro atoms. The van der Waals surface area contributed by atoms with Gasteiger partial charge in [-0.1, -0.05) is 78.4 Å². The number of hydrogen-bond acceptors (Lipinski definition) is 2. The maximum atomic E-state index is 4.69. The molecule has 5 aromatic carbocycles. The summed E-state index contributed by atoms with van der Waals surface area (Å²) >= 11 is 0. The third-order valence-electron chi connectivity index (χ3n) is 6.79. The van der Waals surface area contributed by atoms with Crippen molar-refractivity contribution in [1.29, 1.82) is 0 Å². The lowest BCUT2D eigenvalue weighted by Crippen LogP contribution is -1.89. The van der Waals surface area contributed by atoms with E-state index in [9.17, 15) is 0 Å². The lowest BCUT2D eigenvalue weighted by Gasteiger charge is -2.13. The van der Waals surface area contributed by atoms with Gasteiger partial charge in [0.1, 0.15) is 0 Å². The highest BCUT2D eigenvalue weighted by molar-refractivity contribution is 6.26. The van der Waals surface area contributed by atoms with E-state index in [0.717, 1.165) is 21.8 Å². The molecular weight excluding hydrogens is 400 g/mol. The van der Waals surface area contributed by atoms with E-state index in [4.69, 9.17) is 4.98 Å². The summed E-state index contributed by atoms with van der Waals surface area (Å²) in [6.45, 7) is 2.16. The molecule has 2 heteroatoms. The lowest BCUT2D eigenvalue weighted by molar-refractivity contribution is 1.37. The summed E-state index contributed by atoms with van der Waals surface area (Å²) < 4.78 is 0. The Labute approximate surface area is 191 Å². The number of aromatic nitrogens is 2. The molecule has 7 rings (SSSR count). The maximum absolute atomic E-state index is 4.69. The van der Waals surface area contributed by atoms with Gasteiger partial charge in [-0.15, -0.1) is 0 Å². The van der Waals surface area contributed by atoms with E-state index >= 15 is 0 Å². The Morgan fingerprint density at radius 2 is 1.18 bits per heavy atom. The molecule has 33 heavy (non-hydrogen) atoms. The first-order chi connectivity index (χ1) is 16.3. The van der Waals surface area contributed by atoms with E-state index in [-0.39, 0.29) is 0 Å². The topological polar surface area (TPSA) is 25.8 Å². The SMILES string of the molecule is Cc1ccc2c3ccc(-c4ccnc5c4ccc4cccnc45)cc3c3ccccc3c2c1. The minimum absolute atomic E-state index is 0.949. The fourth-order valence-electron chi connectivity index (χ4n) is 5.24. The van der Waals surface area contributed by atoms with Gasteiger partial charge in [-0.25, -0.2) is 0 Å². The quantitative estimate of drug-likeness (QED) is 0.250. The molecule has 2 heterocycles. The van der Waals surface area contributed by atoms with Gasteiger partial charge in [0.2, 0.25) is 0 Å². The molecule has 0 unspecified atom stereocenters. The Balaban J connectivity index is 1.58. The monoisotopic (exact) mass is 420 g/mol. The van der Waals surface area contributed by atoms with Crippen molar-refractivity contribution < 1.29 is 0 Å². The van der Waals surface area contributed by atoms with Crippen molar-refractivity contribution in [3.63, 3.8) is 0 Å². The number of aryl methyl sites for hydroxylation is 1. The Morgan fingerprint density at radius 3 is 2.03 bits per heavy atom. The molecule has 2 aromatic heterocycles. The molecule has 0 N–H and O–H groups in total. The summed E-state index contributed by atoms with van der Waals surface area (Å²) in [5, 5.41) is 10.0. The highest BCUT2D eigenvalue weighted by atomic mass is 14.7. The predicted octanol–water partition coefficient (Wildman–Crippen LogP) is 8.22. The van der Waals surface area contributed by atoms with Crippen LogP contribution in [-0.4, -0.2) is 9.97 Å². The smallest absolute Gasteiger partial charge is 0.0970 e. The third-order valence-corrected chi connectivity index (χ3v) is 6.79. The van der Waals surface area contributed by atoms with Gasteiger partial charge in [0.15, 0.2) is 0 Å². The van der Waals surface area contributed by atoms with Crippen LogP contribution >= 0.6 is 0 Å². The minimum atomic E-state index is 0.949. The van der Waals surface area contributed by atoms with E-state index < -0.39 is 0 Å². The second-order valence-corrected chi connectivity index (χ2v) is 8.75. The largest absolute Gasteiger partial charge is 0.254 e. The van der Waals surface area contributed by atoms with E-state index in [0.29, 0.717) is 0 Å². The van der Waals surface area contributed by atoms with Gasteiger partial charge >= 0.3 is 0 Å². The lowest BCUT2D eigenvalue weighted by atomic mass is 9.91. The van der Waals surface area contributed by atoms with Gasteiger partial charge < -0.3 is 0 Å². The molecule has 0 aliphatic rings. The fraction of sp³-hybridized carbons (Fsp3) is 0.0323. The van der Waals surface area contributed by atoms with Crippen LogP contribution in [0, 0.1) is 6.92 Å². The van der Waals surface area contributed by atoms with E-state index in [2.05, 4.69) is 96.8 Å². The molecule has 0 saturated carbocycles. The van der Waals surface area contributed by atoms with Crippen molar-refractivity contribution in [2.24, 2.45) is 0 Å². The summed E-state index contributed by atoms with van der Waals surface area (Å²) in [7, 11) is 0. The third kappa shape index (κ3) is 2.68. The van der Waals surface area contributed by atoms with Crippen molar-refractivity contribution in [2.75, 3.05) is 0 Å². The van der Waals surface area contributed by atoms with Crippen molar-refractivity contribution in [3.05, 3.63) is 109 Å². The molecule has 0 atom stereocenters. The van der Waals surface area contributed by atoms with Crippen molar-refractivity contribution in [2.45, 2.75) is 6.92 Å². The molecule has 0 radical (unpaired) electrons. The van der Waals surface area contributed by atoms with Crippen LogP contribution in [-0.2, 0) is 0 Å². The number of rotatable bonds is 1. The minimum Gasteiger partial charge on any atom is -0.254 e. The van der Waals surface area contributed by atoms with Gasteiger partial charge in [-0.2, -0.15) is 0 Å². The summed E-state index contributed by atoms with van der Waals surface area (Å²) in [5.41, 5.74) is 5.56.